The standard InChI is InChI=1S/C25H26F3N3O.C3H7N/c26-25(27,28)20-10-8-17(9-11-20)12-13-29-16-19-5-3-4-18(14-19)15-23-21-6-1-2-7-22(21)24(32)31-30-23;4-3-1-2-3/h3-5,8-11,14,29H,1-2,6-7,12-13,15-16H2,(H,31,32);3H,1-2,4H2. The van der Waals surface area contributed by atoms with Crippen molar-refractivity contribution in [1.29, 1.82) is 0 Å². The lowest BCUT2D eigenvalue weighted by Gasteiger charge is -2.17. The second kappa shape index (κ2) is 11.8. The van der Waals surface area contributed by atoms with Crippen LogP contribution in [0, 0.1) is 0 Å². The van der Waals surface area contributed by atoms with Gasteiger partial charge in [-0.2, -0.15) is 18.3 Å². The Balaban J connectivity index is 0.000000692. The summed E-state index contributed by atoms with van der Waals surface area (Å²) in [6.45, 7) is 1.34. The molecule has 0 aliphatic heterocycles. The molecule has 4 N–H and O–H groups in total. The Bertz CT molecular complexity index is 1200. The molecule has 0 saturated heterocycles. The third-order valence-corrected chi connectivity index (χ3v) is 6.57. The Kier molecular flexibility index (Phi) is 8.59. The monoisotopic (exact) mass is 498 g/mol. The zero-order valence-corrected chi connectivity index (χ0v) is 20.3. The minimum Gasteiger partial charge on any atom is -0.328 e. The van der Waals surface area contributed by atoms with Crippen molar-refractivity contribution >= 4 is 0 Å². The van der Waals surface area contributed by atoms with Crippen molar-refractivity contribution in [2.24, 2.45) is 5.73 Å². The molecule has 1 aromatic heterocycles. The van der Waals surface area contributed by atoms with E-state index in [0.29, 0.717) is 32.0 Å². The Hall–Kier alpha value is -2.97. The quantitative estimate of drug-likeness (QED) is 0.413. The van der Waals surface area contributed by atoms with Gasteiger partial charge in [-0.1, -0.05) is 36.4 Å². The SMILES string of the molecule is NC1CC1.O=c1[nH]nc(Cc2cccc(CNCCc3ccc(C(F)(F)F)cc3)c2)c2c1CCCC2. The molecule has 2 aromatic carbocycles. The van der Waals surface area contributed by atoms with Gasteiger partial charge in [0.15, 0.2) is 0 Å². The third kappa shape index (κ3) is 7.51. The summed E-state index contributed by atoms with van der Waals surface area (Å²) < 4.78 is 38.0. The predicted octanol–water partition coefficient (Wildman–Crippen LogP) is 4.70. The summed E-state index contributed by atoms with van der Waals surface area (Å²) >= 11 is 0. The average Bonchev–Trinajstić information content (AvgIpc) is 3.66. The fourth-order valence-corrected chi connectivity index (χ4v) is 4.34. The summed E-state index contributed by atoms with van der Waals surface area (Å²) in [6, 6.07) is 14.2. The fraction of sp³-hybridized carbons (Fsp3) is 0.429. The van der Waals surface area contributed by atoms with Gasteiger partial charge in [0.05, 0.1) is 11.3 Å². The highest BCUT2D eigenvalue weighted by atomic mass is 19.4. The summed E-state index contributed by atoms with van der Waals surface area (Å²) in [7, 11) is 0. The molecule has 1 fully saturated rings. The number of nitrogens with zero attached hydrogens (tertiary/aromatic N) is 1. The van der Waals surface area contributed by atoms with Crippen molar-refractivity contribution in [2.45, 2.75) is 70.1 Å². The molecular formula is C28H33F3N4O. The van der Waals surface area contributed by atoms with E-state index in [1.54, 1.807) is 0 Å². The maximum atomic E-state index is 12.7. The molecule has 0 spiro atoms. The first-order valence-electron chi connectivity index (χ1n) is 12.6. The lowest BCUT2D eigenvalue weighted by molar-refractivity contribution is -0.137. The largest absolute Gasteiger partial charge is 0.416 e. The van der Waals surface area contributed by atoms with Crippen LogP contribution in [0.2, 0.25) is 0 Å². The van der Waals surface area contributed by atoms with Crippen LogP contribution in [0.5, 0.6) is 0 Å². The minimum atomic E-state index is -4.30. The zero-order chi connectivity index (χ0) is 25.5. The molecule has 192 valence electrons. The second-order valence-electron chi connectivity index (χ2n) is 9.62. The van der Waals surface area contributed by atoms with Crippen molar-refractivity contribution in [3.63, 3.8) is 0 Å². The first kappa shape index (κ1) is 26.1. The molecule has 0 amide bonds. The van der Waals surface area contributed by atoms with Crippen LogP contribution in [0.3, 0.4) is 0 Å². The summed E-state index contributed by atoms with van der Waals surface area (Å²) in [5.41, 5.74) is 10.6. The van der Waals surface area contributed by atoms with E-state index in [-0.39, 0.29) is 5.56 Å². The number of alkyl halides is 3. The number of hydrogen-bond acceptors (Lipinski definition) is 4. The number of nitrogens with two attached hydrogens (primary N) is 1. The molecule has 0 bridgehead atoms. The highest BCUT2D eigenvalue weighted by molar-refractivity contribution is 5.35. The number of rotatable bonds is 7. The molecule has 1 saturated carbocycles. The van der Waals surface area contributed by atoms with Gasteiger partial charge in [0.2, 0.25) is 0 Å². The first-order chi connectivity index (χ1) is 17.3. The zero-order valence-electron chi connectivity index (χ0n) is 20.3. The topological polar surface area (TPSA) is 83.8 Å². The van der Waals surface area contributed by atoms with E-state index in [1.165, 1.54) is 25.0 Å². The van der Waals surface area contributed by atoms with Crippen LogP contribution in [0.25, 0.3) is 0 Å². The number of aromatic amines is 1. The average molecular weight is 499 g/mol. The van der Waals surface area contributed by atoms with Gasteiger partial charge in [-0.15, -0.1) is 0 Å². The predicted molar refractivity (Wildman–Crippen MR) is 135 cm³/mol. The summed E-state index contributed by atoms with van der Waals surface area (Å²) in [4.78, 5) is 12.1. The van der Waals surface area contributed by atoms with E-state index in [1.807, 2.05) is 12.1 Å². The molecule has 0 unspecified atom stereocenters. The smallest absolute Gasteiger partial charge is 0.328 e. The molecule has 8 heteroatoms. The van der Waals surface area contributed by atoms with Crippen LogP contribution in [0.4, 0.5) is 13.2 Å². The van der Waals surface area contributed by atoms with Gasteiger partial charge in [0.1, 0.15) is 0 Å². The van der Waals surface area contributed by atoms with Crippen molar-refractivity contribution in [2.75, 3.05) is 6.54 Å². The lowest BCUT2D eigenvalue weighted by Crippen LogP contribution is -2.23. The summed E-state index contributed by atoms with van der Waals surface area (Å²) in [5.74, 6) is 0. The molecule has 36 heavy (non-hydrogen) atoms. The number of aromatic nitrogens is 2. The molecule has 0 atom stereocenters. The minimum absolute atomic E-state index is 0.0607. The first-order valence-corrected chi connectivity index (χ1v) is 12.6. The van der Waals surface area contributed by atoms with E-state index in [0.717, 1.165) is 71.3 Å². The van der Waals surface area contributed by atoms with Crippen LogP contribution in [-0.2, 0) is 38.4 Å². The molecular weight excluding hydrogens is 465 g/mol. The van der Waals surface area contributed by atoms with Crippen molar-refractivity contribution < 1.29 is 13.2 Å². The number of H-pyrrole nitrogens is 1. The number of hydrogen-bond donors (Lipinski definition) is 3. The molecule has 5 rings (SSSR count). The number of benzene rings is 2. The summed E-state index contributed by atoms with van der Waals surface area (Å²) in [5, 5.41) is 10.3. The van der Waals surface area contributed by atoms with Gasteiger partial charge < -0.3 is 11.1 Å². The van der Waals surface area contributed by atoms with E-state index >= 15 is 0 Å². The van der Waals surface area contributed by atoms with Crippen LogP contribution >= 0.6 is 0 Å². The van der Waals surface area contributed by atoms with Gasteiger partial charge in [-0.3, -0.25) is 4.79 Å². The van der Waals surface area contributed by atoms with Crippen LogP contribution in [-0.4, -0.2) is 22.8 Å². The normalized spacial score (nSPS) is 15.1. The van der Waals surface area contributed by atoms with E-state index < -0.39 is 11.7 Å². The Morgan fingerprint density at radius 3 is 2.31 bits per heavy atom. The van der Waals surface area contributed by atoms with E-state index in [2.05, 4.69) is 27.6 Å². The molecule has 1 heterocycles. The number of fused-ring (bicyclic) bond motifs is 1. The van der Waals surface area contributed by atoms with Crippen LogP contribution in [0.1, 0.15) is 64.8 Å². The maximum Gasteiger partial charge on any atom is 0.416 e. The molecule has 5 nitrogen and oxygen atoms in total. The van der Waals surface area contributed by atoms with Gasteiger partial charge in [-0.05, 0) is 85.9 Å². The highest BCUT2D eigenvalue weighted by Gasteiger charge is 2.29. The molecule has 3 aromatic rings. The Morgan fingerprint density at radius 1 is 0.972 bits per heavy atom. The van der Waals surface area contributed by atoms with Crippen molar-refractivity contribution in [3.05, 3.63) is 98.0 Å². The van der Waals surface area contributed by atoms with Gasteiger partial charge in [0, 0.05) is 24.6 Å². The summed E-state index contributed by atoms with van der Waals surface area (Å²) in [6.07, 6.45) is 3.44. The van der Waals surface area contributed by atoms with Gasteiger partial charge >= 0.3 is 6.18 Å². The van der Waals surface area contributed by atoms with Gasteiger partial charge in [-0.25, -0.2) is 5.10 Å². The molecule has 0 radical (unpaired) electrons. The Morgan fingerprint density at radius 2 is 1.64 bits per heavy atom. The third-order valence-electron chi connectivity index (χ3n) is 6.57. The highest BCUT2D eigenvalue weighted by Crippen LogP contribution is 2.29. The molecule has 2 aliphatic carbocycles. The van der Waals surface area contributed by atoms with Crippen molar-refractivity contribution in [1.82, 2.24) is 15.5 Å². The van der Waals surface area contributed by atoms with Crippen LogP contribution in [0.15, 0.2) is 53.3 Å². The number of nitrogens with one attached hydrogen (secondary N) is 2. The fourth-order valence-electron chi connectivity index (χ4n) is 4.34. The molecule has 2 aliphatic rings. The van der Waals surface area contributed by atoms with E-state index in [4.69, 9.17) is 5.73 Å². The lowest BCUT2D eigenvalue weighted by atomic mass is 9.90. The van der Waals surface area contributed by atoms with Crippen LogP contribution < -0.4 is 16.6 Å². The van der Waals surface area contributed by atoms with Gasteiger partial charge in [0.25, 0.3) is 5.56 Å². The maximum absolute atomic E-state index is 12.7. The second-order valence-corrected chi connectivity index (χ2v) is 9.62. The van der Waals surface area contributed by atoms with Crippen molar-refractivity contribution in [3.8, 4) is 0 Å². The number of halogens is 3. The van der Waals surface area contributed by atoms with E-state index in [9.17, 15) is 18.0 Å². The Labute approximate surface area is 209 Å².